The standard InChI is InChI=1S/C23H25N5O3/c1-26-14-20(25-16-26)19-13-28(21(29)10-18-5-3-9-31-18)15-23(19)6-8-27(22(23)30)12-17-4-2-7-24-11-17/h2-5,7,9,11,14,16,19H,6,8,10,12-13,15H2,1H3/t19-,23-/m1/s1. The van der Waals surface area contributed by atoms with Gasteiger partial charge in [0.2, 0.25) is 11.8 Å². The molecule has 0 aromatic carbocycles. The molecule has 2 saturated heterocycles. The summed E-state index contributed by atoms with van der Waals surface area (Å²) in [7, 11) is 1.92. The van der Waals surface area contributed by atoms with E-state index < -0.39 is 5.41 Å². The van der Waals surface area contributed by atoms with Crippen molar-refractivity contribution < 1.29 is 14.0 Å². The number of aromatic nitrogens is 3. The van der Waals surface area contributed by atoms with Gasteiger partial charge in [-0.1, -0.05) is 6.07 Å². The molecule has 2 amide bonds. The predicted octanol–water partition coefficient (Wildman–Crippen LogP) is 2.00. The lowest BCUT2D eigenvalue weighted by Gasteiger charge is -2.27. The minimum Gasteiger partial charge on any atom is -0.469 e. The van der Waals surface area contributed by atoms with E-state index in [-0.39, 0.29) is 24.2 Å². The Balaban J connectivity index is 1.41. The Labute approximate surface area is 180 Å². The molecule has 8 nitrogen and oxygen atoms in total. The molecule has 0 N–H and O–H groups in total. The Hall–Kier alpha value is -3.42. The molecule has 0 bridgehead atoms. The Morgan fingerprint density at radius 2 is 2.23 bits per heavy atom. The fourth-order valence-electron chi connectivity index (χ4n) is 4.95. The lowest BCUT2D eigenvalue weighted by molar-refractivity contribution is -0.137. The van der Waals surface area contributed by atoms with Crippen LogP contribution in [0.3, 0.4) is 0 Å². The Bertz CT molecular complexity index is 1080. The van der Waals surface area contributed by atoms with Crippen LogP contribution in [0.2, 0.25) is 0 Å². The number of pyridine rings is 1. The van der Waals surface area contributed by atoms with Crippen molar-refractivity contribution in [3.8, 4) is 0 Å². The Kier molecular flexibility index (Phi) is 4.84. The first-order chi connectivity index (χ1) is 15.0. The van der Waals surface area contributed by atoms with Crippen molar-refractivity contribution in [3.63, 3.8) is 0 Å². The number of hydrogen-bond acceptors (Lipinski definition) is 5. The number of aryl methyl sites for hydroxylation is 1. The summed E-state index contributed by atoms with van der Waals surface area (Å²) in [5.74, 6) is 0.587. The van der Waals surface area contributed by atoms with Gasteiger partial charge in [0.1, 0.15) is 5.76 Å². The fraction of sp³-hybridized carbons (Fsp3) is 0.391. The minimum absolute atomic E-state index is 0.0220. The molecule has 8 heteroatoms. The van der Waals surface area contributed by atoms with Gasteiger partial charge in [0.15, 0.2) is 0 Å². The van der Waals surface area contributed by atoms with Gasteiger partial charge in [0.25, 0.3) is 0 Å². The van der Waals surface area contributed by atoms with Gasteiger partial charge in [-0.05, 0) is 30.2 Å². The molecule has 3 aromatic heterocycles. The van der Waals surface area contributed by atoms with Crippen LogP contribution in [0.15, 0.2) is 59.9 Å². The number of furan rings is 1. The lowest BCUT2D eigenvalue weighted by atomic mass is 9.75. The molecule has 2 aliphatic heterocycles. The van der Waals surface area contributed by atoms with Crippen LogP contribution >= 0.6 is 0 Å². The van der Waals surface area contributed by atoms with Crippen molar-refractivity contribution >= 4 is 11.8 Å². The minimum atomic E-state index is -0.643. The van der Waals surface area contributed by atoms with Crippen LogP contribution < -0.4 is 0 Å². The van der Waals surface area contributed by atoms with Crippen LogP contribution in [-0.4, -0.2) is 55.8 Å². The van der Waals surface area contributed by atoms with Crippen LogP contribution in [0.4, 0.5) is 0 Å². The molecule has 2 fully saturated rings. The van der Waals surface area contributed by atoms with Gasteiger partial charge in [0.05, 0.1) is 30.1 Å². The van der Waals surface area contributed by atoms with E-state index in [0.29, 0.717) is 38.4 Å². The highest BCUT2D eigenvalue weighted by atomic mass is 16.3. The number of nitrogens with zero attached hydrogens (tertiary/aromatic N) is 5. The van der Waals surface area contributed by atoms with Gasteiger partial charge in [-0.3, -0.25) is 14.6 Å². The van der Waals surface area contributed by atoms with E-state index in [0.717, 1.165) is 11.3 Å². The zero-order valence-electron chi connectivity index (χ0n) is 17.5. The molecule has 1 spiro atoms. The summed E-state index contributed by atoms with van der Waals surface area (Å²) < 4.78 is 7.25. The van der Waals surface area contributed by atoms with Crippen molar-refractivity contribution in [2.45, 2.75) is 25.3 Å². The van der Waals surface area contributed by atoms with Crippen LogP contribution in [0.1, 0.15) is 29.4 Å². The number of likely N-dealkylation sites (tertiary alicyclic amines) is 2. The second-order valence-electron chi connectivity index (χ2n) is 8.54. The normalized spacial score (nSPS) is 23.3. The van der Waals surface area contributed by atoms with Gasteiger partial charge in [0, 0.05) is 57.7 Å². The third kappa shape index (κ3) is 3.52. The van der Waals surface area contributed by atoms with E-state index in [9.17, 15) is 9.59 Å². The highest BCUT2D eigenvalue weighted by Gasteiger charge is 2.58. The van der Waals surface area contributed by atoms with Crippen LogP contribution in [0.25, 0.3) is 0 Å². The summed E-state index contributed by atoms with van der Waals surface area (Å²) in [4.78, 5) is 39.2. The van der Waals surface area contributed by atoms with Crippen molar-refractivity contribution in [2.75, 3.05) is 19.6 Å². The average molecular weight is 419 g/mol. The summed E-state index contributed by atoms with van der Waals surface area (Å²) >= 11 is 0. The fourth-order valence-corrected chi connectivity index (χ4v) is 4.95. The number of carbonyl (C=O) groups is 2. The first-order valence-electron chi connectivity index (χ1n) is 10.5. The van der Waals surface area contributed by atoms with Gasteiger partial charge in [-0.25, -0.2) is 4.98 Å². The first kappa shape index (κ1) is 19.5. The second kappa shape index (κ2) is 7.68. The van der Waals surface area contributed by atoms with Crippen LogP contribution in [0.5, 0.6) is 0 Å². The van der Waals surface area contributed by atoms with E-state index in [1.807, 2.05) is 39.7 Å². The molecule has 0 aliphatic carbocycles. The first-order valence-corrected chi connectivity index (χ1v) is 10.5. The Morgan fingerprint density at radius 1 is 1.32 bits per heavy atom. The average Bonchev–Trinajstić information content (AvgIpc) is 3.55. The number of imidazole rings is 1. The lowest BCUT2D eigenvalue weighted by Crippen LogP contribution is -2.40. The molecule has 3 aromatic rings. The highest BCUT2D eigenvalue weighted by Crippen LogP contribution is 2.49. The van der Waals surface area contributed by atoms with E-state index in [1.165, 1.54) is 0 Å². The maximum atomic E-state index is 13.7. The molecule has 160 valence electrons. The van der Waals surface area contributed by atoms with Crippen LogP contribution in [0, 0.1) is 5.41 Å². The highest BCUT2D eigenvalue weighted by molar-refractivity contribution is 5.88. The number of hydrogen-bond donors (Lipinski definition) is 0. The SMILES string of the molecule is Cn1cnc([C@H]2CN(C(=O)Cc3ccco3)C[C@]23CCN(Cc2cccnc2)C3=O)c1. The van der Waals surface area contributed by atoms with E-state index in [2.05, 4.69) is 9.97 Å². The summed E-state index contributed by atoms with van der Waals surface area (Å²) in [5.41, 5.74) is 1.23. The molecular weight excluding hydrogens is 394 g/mol. The predicted molar refractivity (Wildman–Crippen MR) is 112 cm³/mol. The summed E-state index contributed by atoms with van der Waals surface area (Å²) in [6, 6.07) is 7.44. The van der Waals surface area contributed by atoms with Gasteiger partial charge < -0.3 is 18.8 Å². The zero-order valence-corrected chi connectivity index (χ0v) is 17.5. The molecule has 5 rings (SSSR count). The third-order valence-corrected chi connectivity index (χ3v) is 6.52. The maximum absolute atomic E-state index is 13.7. The second-order valence-corrected chi connectivity index (χ2v) is 8.54. The van der Waals surface area contributed by atoms with E-state index in [1.54, 1.807) is 37.1 Å². The topological polar surface area (TPSA) is 84.5 Å². The molecule has 31 heavy (non-hydrogen) atoms. The molecule has 0 radical (unpaired) electrons. The molecule has 0 saturated carbocycles. The van der Waals surface area contributed by atoms with Crippen molar-refractivity contribution in [1.29, 1.82) is 0 Å². The number of amides is 2. The van der Waals surface area contributed by atoms with Gasteiger partial charge in [-0.2, -0.15) is 0 Å². The quantitative estimate of drug-likeness (QED) is 0.632. The summed E-state index contributed by atoms with van der Waals surface area (Å²) in [6.45, 7) is 2.10. The molecule has 5 heterocycles. The summed E-state index contributed by atoms with van der Waals surface area (Å²) in [6.07, 6.45) is 9.72. The largest absolute Gasteiger partial charge is 0.469 e. The van der Waals surface area contributed by atoms with Crippen molar-refractivity contribution in [3.05, 3.63) is 72.5 Å². The van der Waals surface area contributed by atoms with E-state index >= 15 is 0 Å². The van der Waals surface area contributed by atoms with Crippen LogP contribution in [-0.2, 0) is 29.6 Å². The molecule has 2 aliphatic rings. The number of rotatable bonds is 5. The third-order valence-electron chi connectivity index (χ3n) is 6.52. The Morgan fingerprint density at radius 3 is 2.94 bits per heavy atom. The number of carbonyl (C=O) groups excluding carboxylic acids is 2. The monoisotopic (exact) mass is 419 g/mol. The molecular formula is C23H25N5O3. The molecule has 2 atom stereocenters. The smallest absolute Gasteiger partial charge is 0.231 e. The van der Waals surface area contributed by atoms with Crippen molar-refractivity contribution in [1.82, 2.24) is 24.3 Å². The van der Waals surface area contributed by atoms with E-state index in [4.69, 9.17) is 4.42 Å². The molecule has 0 unspecified atom stereocenters. The maximum Gasteiger partial charge on any atom is 0.231 e. The summed E-state index contributed by atoms with van der Waals surface area (Å²) in [5, 5.41) is 0. The van der Waals surface area contributed by atoms with Crippen molar-refractivity contribution in [2.24, 2.45) is 12.5 Å². The van der Waals surface area contributed by atoms with Gasteiger partial charge >= 0.3 is 0 Å². The van der Waals surface area contributed by atoms with Gasteiger partial charge in [-0.15, -0.1) is 0 Å². The zero-order chi connectivity index (χ0) is 21.4.